The molecule has 3 rings (SSSR count). The molecule has 18 heavy (non-hydrogen) atoms. The molecular formula is C13H6INO3. The van der Waals surface area contributed by atoms with Gasteiger partial charge in [-0.2, -0.15) is 0 Å². The van der Waals surface area contributed by atoms with E-state index in [1.807, 2.05) is 12.1 Å². The third-order valence-corrected chi connectivity index (χ3v) is 3.89. The Labute approximate surface area is 116 Å². The molecule has 4 nitrogen and oxygen atoms in total. The lowest BCUT2D eigenvalue weighted by Crippen LogP contribution is -1.96. The van der Waals surface area contributed by atoms with Crippen molar-refractivity contribution >= 4 is 34.1 Å². The van der Waals surface area contributed by atoms with Crippen LogP contribution in [0.15, 0.2) is 36.4 Å². The highest BCUT2D eigenvalue weighted by molar-refractivity contribution is 14.1. The van der Waals surface area contributed by atoms with Crippen molar-refractivity contribution in [1.29, 1.82) is 0 Å². The van der Waals surface area contributed by atoms with Gasteiger partial charge in [-0.05, 0) is 40.3 Å². The van der Waals surface area contributed by atoms with Gasteiger partial charge in [0.25, 0.3) is 5.69 Å². The first-order valence-corrected chi connectivity index (χ1v) is 6.29. The van der Waals surface area contributed by atoms with E-state index in [1.165, 1.54) is 12.1 Å². The molecule has 0 spiro atoms. The maximum absolute atomic E-state index is 12.2. The van der Waals surface area contributed by atoms with Crippen LogP contribution in [0.1, 0.15) is 15.9 Å². The Hall–Kier alpha value is -1.76. The first kappa shape index (κ1) is 11.3. The van der Waals surface area contributed by atoms with Crippen LogP contribution in [-0.4, -0.2) is 10.7 Å². The molecule has 0 aliphatic heterocycles. The zero-order chi connectivity index (χ0) is 12.9. The minimum atomic E-state index is -0.485. The van der Waals surface area contributed by atoms with Crippen molar-refractivity contribution in [3.05, 3.63) is 61.2 Å². The Morgan fingerprint density at radius 1 is 1.06 bits per heavy atom. The second-order valence-electron chi connectivity index (χ2n) is 3.98. The number of nitro benzene ring substituents is 1. The van der Waals surface area contributed by atoms with Crippen molar-refractivity contribution in [2.45, 2.75) is 0 Å². The summed E-state index contributed by atoms with van der Waals surface area (Å²) in [6, 6.07) is 9.94. The predicted molar refractivity (Wildman–Crippen MR) is 74.7 cm³/mol. The molecule has 0 aromatic heterocycles. The summed E-state index contributed by atoms with van der Waals surface area (Å²) in [5.74, 6) is -0.137. The molecule has 0 saturated heterocycles. The number of non-ortho nitro benzene ring substituents is 1. The summed E-state index contributed by atoms with van der Waals surface area (Å²) in [6.07, 6.45) is 0. The van der Waals surface area contributed by atoms with Gasteiger partial charge in [0.2, 0.25) is 0 Å². The zero-order valence-electron chi connectivity index (χ0n) is 9.01. The summed E-state index contributed by atoms with van der Waals surface area (Å²) < 4.78 is 0.978. The van der Waals surface area contributed by atoms with Crippen LogP contribution in [0.25, 0.3) is 11.1 Å². The maximum Gasteiger partial charge on any atom is 0.270 e. The lowest BCUT2D eigenvalue weighted by molar-refractivity contribution is -0.384. The second-order valence-corrected chi connectivity index (χ2v) is 5.14. The number of nitro groups is 1. The molecule has 0 heterocycles. The van der Waals surface area contributed by atoms with Crippen LogP contribution in [0, 0.1) is 13.7 Å². The number of halogens is 1. The first-order valence-electron chi connectivity index (χ1n) is 5.21. The monoisotopic (exact) mass is 351 g/mol. The standard InChI is InChI=1S/C13H6INO3/c14-11-3-1-2-9-12(11)8-5-4-7(15(17)18)6-10(8)13(9)16/h1-6H. The van der Waals surface area contributed by atoms with Gasteiger partial charge in [-0.3, -0.25) is 14.9 Å². The minimum Gasteiger partial charge on any atom is -0.289 e. The molecule has 1 aliphatic carbocycles. The van der Waals surface area contributed by atoms with E-state index in [2.05, 4.69) is 22.6 Å². The smallest absolute Gasteiger partial charge is 0.270 e. The van der Waals surface area contributed by atoms with Crippen molar-refractivity contribution < 1.29 is 9.72 Å². The van der Waals surface area contributed by atoms with Gasteiger partial charge in [0.05, 0.1) is 4.92 Å². The summed E-state index contributed by atoms with van der Waals surface area (Å²) in [5, 5.41) is 10.7. The van der Waals surface area contributed by atoms with Gasteiger partial charge < -0.3 is 0 Å². The first-order chi connectivity index (χ1) is 8.59. The van der Waals surface area contributed by atoms with E-state index in [0.717, 1.165) is 14.7 Å². The third kappa shape index (κ3) is 1.47. The molecule has 0 atom stereocenters. The number of nitrogens with zero attached hydrogens (tertiary/aromatic N) is 1. The molecule has 2 aromatic rings. The predicted octanol–water partition coefficient (Wildman–Crippen LogP) is 3.41. The quantitative estimate of drug-likeness (QED) is 0.384. The summed E-state index contributed by atoms with van der Waals surface area (Å²) >= 11 is 2.17. The molecule has 0 amide bonds. The molecule has 0 unspecified atom stereocenters. The lowest BCUT2D eigenvalue weighted by atomic mass is 10.1. The largest absolute Gasteiger partial charge is 0.289 e. The molecule has 1 aliphatic rings. The number of carbonyl (C=O) groups excluding carboxylic acids is 1. The van der Waals surface area contributed by atoms with Gasteiger partial charge >= 0.3 is 0 Å². The van der Waals surface area contributed by atoms with E-state index in [0.29, 0.717) is 11.1 Å². The van der Waals surface area contributed by atoms with E-state index in [-0.39, 0.29) is 11.5 Å². The highest BCUT2D eigenvalue weighted by Gasteiger charge is 2.29. The van der Waals surface area contributed by atoms with Crippen molar-refractivity contribution in [1.82, 2.24) is 0 Å². The van der Waals surface area contributed by atoms with Crippen LogP contribution < -0.4 is 0 Å². The van der Waals surface area contributed by atoms with E-state index < -0.39 is 4.92 Å². The average Bonchev–Trinajstić information content (AvgIpc) is 2.64. The van der Waals surface area contributed by atoms with Gasteiger partial charge in [-0.25, -0.2) is 0 Å². The molecule has 0 N–H and O–H groups in total. The number of carbonyl (C=O) groups is 1. The molecular weight excluding hydrogens is 345 g/mol. The number of rotatable bonds is 1. The Kier molecular flexibility index (Phi) is 2.44. The fourth-order valence-corrected chi connectivity index (χ4v) is 2.97. The molecule has 0 bridgehead atoms. The van der Waals surface area contributed by atoms with Gasteiger partial charge in [0.15, 0.2) is 5.78 Å². The summed E-state index contributed by atoms with van der Waals surface area (Å²) in [6.45, 7) is 0. The highest BCUT2D eigenvalue weighted by atomic mass is 127. The van der Waals surface area contributed by atoms with E-state index in [1.54, 1.807) is 12.1 Å². The molecule has 0 saturated carbocycles. The van der Waals surface area contributed by atoms with Crippen LogP contribution in [0.3, 0.4) is 0 Å². The van der Waals surface area contributed by atoms with Crippen LogP contribution >= 0.6 is 22.6 Å². The van der Waals surface area contributed by atoms with E-state index in [4.69, 9.17) is 0 Å². The molecule has 2 aromatic carbocycles. The van der Waals surface area contributed by atoms with Crippen LogP contribution in [0.4, 0.5) is 5.69 Å². The average molecular weight is 351 g/mol. The Balaban J connectivity index is 2.31. The topological polar surface area (TPSA) is 60.2 Å². The Morgan fingerprint density at radius 3 is 2.56 bits per heavy atom. The molecule has 0 radical (unpaired) electrons. The van der Waals surface area contributed by atoms with Crippen molar-refractivity contribution in [2.75, 3.05) is 0 Å². The van der Waals surface area contributed by atoms with Crippen molar-refractivity contribution in [3.8, 4) is 11.1 Å². The Morgan fingerprint density at radius 2 is 1.83 bits per heavy atom. The molecule has 88 valence electrons. The molecule has 5 heteroatoms. The molecule has 0 fully saturated rings. The van der Waals surface area contributed by atoms with Crippen LogP contribution in [0.2, 0.25) is 0 Å². The number of hydrogen-bond donors (Lipinski definition) is 0. The van der Waals surface area contributed by atoms with Crippen molar-refractivity contribution in [2.24, 2.45) is 0 Å². The second kappa shape index (κ2) is 3.88. The number of ketones is 1. The fraction of sp³-hybridized carbons (Fsp3) is 0. The van der Waals surface area contributed by atoms with Crippen molar-refractivity contribution in [3.63, 3.8) is 0 Å². The summed E-state index contributed by atoms with van der Waals surface area (Å²) in [4.78, 5) is 22.4. The number of fused-ring (bicyclic) bond motifs is 3. The highest BCUT2D eigenvalue weighted by Crippen LogP contribution is 2.40. The number of hydrogen-bond acceptors (Lipinski definition) is 3. The SMILES string of the molecule is O=C1c2cc([N+](=O)[O-])ccc2-c2c(I)cccc21. The van der Waals surface area contributed by atoms with E-state index >= 15 is 0 Å². The van der Waals surface area contributed by atoms with Crippen LogP contribution in [-0.2, 0) is 0 Å². The van der Waals surface area contributed by atoms with Gasteiger partial charge in [0.1, 0.15) is 0 Å². The third-order valence-electron chi connectivity index (χ3n) is 2.99. The van der Waals surface area contributed by atoms with Gasteiger partial charge in [0, 0.05) is 32.4 Å². The van der Waals surface area contributed by atoms with Crippen LogP contribution in [0.5, 0.6) is 0 Å². The van der Waals surface area contributed by atoms with E-state index in [9.17, 15) is 14.9 Å². The lowest BCUT2D eigenvalue weighted by Gasteiger charge is -2.01. The normalized spacial score (nSPS) is 12.2. The van der Waals surface area contributed by atoms with Gasteiger partial charge in [-0.1, -0.05) is 12.1 Å². The minimum absolute atomic E-state index is 0.0510. The maximum atomic E-state index is 12.2. The summed E-state index contributed by atoms with van der Waals surface area (Å²) in [5.41, 5.74) is 2.66. The number of benzene rings is 2. The summed E-state index contributed by atoms with van der Waals surface area (Å²) in [7, 11) is 0. The zero-order valence-corrected chi connectivity index (χ0v) is 11.2. The Bertz CT molecular complexity index is 709. The fourth-order valence-electron chi connectivity index (χ4n) is 2.18. The van der Waals surface area contributed by atoms with Gasteiger partial charge in [-0.15, -0.1) is 0 Å².